The number of pyridine rings is 1. The molecule has 0 fully saturated rings. The maximum absolute atomic E-state index is 4.62. The minimum Gasteiger partial charge on any atom is -0.309 e. The molecule has 100 valence electrons. The van der Waals surface area contributed by atoms with Crippen molar-refractivity contribution in [3.8, 4) is 11.4 Å². The molecule has 0 saturated heterocycles. The molecule has 4 nitrogen and oxygen atoms in total. The highest BCUT2D eigenvalue weighted by Gasteiger charge is 2.07. The molecule has 0 bridgehead atoms. The molecule has 0 atom stereocenters. The number of aryl methyl sites for hydroxylation is 1. The van der Waals surface area contributed by atoms with Crippen molar-refractivity contribution in [1.29, 1.82) is 0 Å². The second kappa shape index (κ2) is 6.38. The number of hydrogen-bond acceptors (Lipinski definition) is 4. The normalized spacial score (nSPS) is 10.9. The van der Waals surface area contributed by atoms with Gasteiger partial charge in [-0.15, -0.1) is 0 Å². The van der Waals surface area contributed by atoms with Gasteiger partial charge in [0.15, 0.2) is 5.82 Å². The van der Waals surface area contributed by atoms with Crippen LogP contribution in [0, 0.1) is 0 Å². The van der Waals surface area contributed by atoms with E-state index in [-0.39, 0.29) is 0 Å². The van der Waals surface area contributed by atoms with Crippen LogP contribution < -0.4 is 5.32 Å². The summed E-state index contributed by atoms with van der Waals surface area (Å²) in [7, 11) is 0. The Bertz CT molecular complexity index is 537. The summed E-state index contributed by atoms with van der Waals surface area (Å²) < 4.78 is 0. The van der Waals surface area contributed by atoms with Gasteiger partial charge in [-0.2, -0.15) is 0 Å². The van der Waals surface area contributed by atoms with Crippen LogP contribution in [0.4, 0.5) is 0 Å². The number of hydrogen-bond donors (Lipinski definition) is 1. The van der Waals surface area contributed by atoms with E-state index in [1.54, 1.807) is 6.20 Å². The zero-order valence-electron chi connectivity index (χ0n) is 11.7. The molecule has 0 aliphatic heterocycles. The molecular weight excluding hydrogens is 236 g/mol. The second-order valence-electron chi connectivity index (χ2n) is 4.79. The van der Waals surface area contributed by atoms with Crippen molar-refractivity contribution in [3.05, 3.63) is 42.0 Å². The molecule has 0 unspecified atom stereocenters. The summed E-state index contributed by atoms with van der Waals surface area (Å²) >= 11 is 0. The molecule has 0 spiro atoms. The number of aromatic nitrogens is 3. The SMILES string of the molecule is CCc1cnccc1-c1nccc(CNC(C)C)n1. The van der Waals surface area contributed by atoms with E-state index in [2.05, 4.69) is 41.0 Å². The summed E-state index contributed by atoms with van der Waals surface area (Å²) in [5.74, 6) is 0.780. The van der Waals surface area contributed by atoms with Crippen molar-refractivity contribution in [2.24, 2.45) is 0 Å². The maximum atomic E-state index is 4.62. The van der Waals surface area contributed by atoms with Crippen LogP contribution in [-0.2, 0) is 13.0 Å². The number of rotatable bonds is 5. The van der Waals surface area contributed by atoms with Crippen LogP contribution in [0.25, 0.3) is 11.4 Å². The summed E-state index contributed by atoms with van der Waals surface area (Å²) in [6.07, 6.45) is 6.43. The average Bonchev–Trinajstić information content (AvgIpc) is 2.45. The Morgan fingerprint density at radius 2 is 2.05 bits per heavy atom. The average molecular weight is 256 g/mol. The predicted octanol–water partition coefficient (Wildman–Crippen LogP) is 2.60. The topological polar surface area (TPSA) is 50.7 Å². The molecule has 2 aromatic heterocycles. The highest BCUT2D eigenvalue weighted by Crippen LogP contribution is 2.19. The largest absolute Gasteiger partial charge is 0.309 e. The smallest absolute Gasteiger partial charge is 0.159 e. The fraction of sp³-hybridized carbons (Fsp3) is 0.400. The maximum Gasteiger partial charge on any atom is 0.159 e. The Kier molecular flexibility index (Phi) is 4.58. The lowest BCUT2D eigenvalue weighted by atomic mass is 10.1. The lowest BCUT2D eigenvalue weighted by Crippen LogP contribution is -2.22. The van der Waals surface area contributed by atoms with Crippen LogP contribution in [0.3, 0.4) is 0 Å². The van der Waals surface area contributed by atoms with Crippen LogP contribution in [0.5, 0.6) is 0 Å². The molecule has 0 aliphatic rings. The summed E-state index contributed by atoms with van der Waals surface area (Å²) in [5.41, 5.74) is 3.26. The van der Waals surface area contributed by atoms with E-state index in [1.807, 2.05) is 24.5 Å². The molecule has 0 aliphatic carbocycles. The molecule has 2 rings (SSSR count). The van der Waals surface area contributed by atoms with E-state index >= 15 is 0 Å². The van der Waals surface area contributed by atoms with Crippen molar-refractivity contribution in [2.45, 2.75) is 39.8 Å². The Balaban J connectivity index is 2.27. The van der Waals surface area contributed by atoms with Gasteiger partial charge < -0.3 is 5.32 Å². The standard InChI is InChI=1S/C15H20N4/c1-4-12-9-16-7-6-14(12)15-17-8-5-13(19-15)10-18-11(2)3/h5-9,11,18H,4,10H2,1-3H3. The van der Waals surface area contributed by atoms with Gasteiger partial charge >= 0.3 is 0 Å². The molecule has 0 radical (unpaired) electrons. The van der Waals surface area contributed by atoms with Crippen molar-refractivity contribution < 1.29 is 0 Å². The van der Waals surface area contributed by atoms with Crippen LogP contribution in [0.15, 0.2) is 30.7 Å². The molecule has 0 aromatic carbocycles. The van der Waals surface area contributed by atoms with Gasteiger partial charge in [0.25, 0.3) is 0 Å². The van der Waals surface area contributed by atoms with Gasteiger partial charge in [0.2, 0.25) is 0 Å². The third-order valence-electron chi connectivity index (χ3n) is 2.93. The van der Waals surface area contributed by atoms with Crippen LogP contribution in [0.2, 0.25) is 0 Å². The Morgan fingerprint density at radius 3 is 2.79 bits per heavy atom. The van der Waals surface area contributed by atoms with Crippen molar-refractivity contribution >= 4 is 0 Å². The van der Waals surface area contributed by atoms with Crippen LogP contribution in [0.1, 0.15) is 32.0 Å². The van der Waals surface area contributed by atoms with Crippen molar-refractivity contribution in [2.75, 3.05) is 0 Å². The van der Waals surface area contributed by atoms with E-state index in [0.29, 0.717) is 6.04 Å². The Labute approximate surface area is 114 Å². The minimum atomic E-state index is 0.450. The first kappa shape index (κ1) is 13.6. The molecule has 0 amide bonds. The van der Waals surface area contributed by atoms with Gasteiger partial charge in [-0.25, -0.2) is 9.97 Å². The monoisotopic (exact) mass is 256 g/mol. The van der Waals surface area contributed by atoms with Gasteiger partial charge in [-0.05, 0) is 24.1 Å². The van der Waals surface area contributed by atoms with E-state index in [1.165, 1.54) is 5.56 Å². The summed E-state index contributed by atoms with van der Waals surface area (Å²) in [4.78, 5) is 13.2. The molecule has 2 heterocycles. The first-order chi connectivity index (χ1) is 9.20. The fourth-order valence-corrected chi connectivity index (χ4v) is 1.86. The number of nitrogens with zero attached hydrogens (tertiary/aromatic N) is 3. The van der Waals surface area contributed by atoms with Gasteiger partial charge in [-0.1, -0.05) is 20.8 Å². The quantitative estimate of drug-likeness (QED) is 0.893. The van der Waals surface area contributed by atoms with E-state index in [9.17, 15) is 0 Å². The number of nitrogens with one attached hydrogen (secondary N) is 1. The lowest BCUT2D eigenvalue weighted by Gasteiger charge is -2.09. The fourth-order valence-electron chi connectivity index (χ4n) is 1.86. The summed E-state index contributed by atoms with van der Waals surface area (Å²) in [5, 5.41) is 3.37. The van der Waals surface area contributed by atoms with Gasteiger partial charge in [0, 0.05) is 36.7 Å². The predicted molar refractivity (Wildman–Crippen MR) is 76.6 cm³/mol. The van der Waals surface area contributed by atoms with Crippen LogP contribution in [-0.4, -0.2) is 21.0 Å². The zero-order chi connectivity index (χ0) is 13.7. The van der Waals surface area contributed by atoms with Gasteiger partial charge in [-0.3, -0.25) is 4.98 Å². The van der Waals surface area contributed by atoms with Gasteiger partial charge in [0.05, 0.1) is 5.69 Å². The second-order valence-corrected chi connectivity index (χ2v) is 4.79. The lowest BCUT2D eigenvalue weighted by molar-refractivity contribution is 0.581. The zero-order valence-corrected chi connectivity index (χ0v) is 11.7. The Morgan fingerprint density at radius 1 is 1.21 bits per heavy atom. The van der Waals surface area contributed by atoms with E-state index < -0.39 is 0 Å². The molecule has 19 heavy (non-hydrogen) atoms. The van der Waals surface area contributed by atoms with Crippen molar-refractivity contribution in [1.82, 2.24) is 20.3 Å². The highest BCUT2D eigenvalue weighted by molar-refractivity contribution is 5.59. The molecule has 0 saturated carbocycles. The van der Waals surface area contributed by atoms with Crippen molar-refractivity contribution in [3.63, 3.8) is 0 Å². The molecule has 1 N–H and O–H groups in total. The minimum absolute atomic E-state index is 0.450. The summed E-state index contributed by atoms with van der Waals surface area (Å²) in [6.45, 7) is 7.13. The third kappa shape index (κ3) is 3.58. The van der Waals surface area contributed by atoms with Crippen LogP contribution >= 0.6 is 0 Å². The summed E-state index contributed by atoms with van der Waals surface area (Å²) in [6, 6.07) is 4.38. The molecule has 2 aromatic rings. The molecule has 4 heteroatoms. The third-order valence-corrected chi connectivity index (χ3v) is 2.93. The molecular formula is C15H20N4. The first-order valence-electron chi connectivity index (χ1n) is 6.69. The van der Waals surface area contributed by atoms with E-state index in [0.717, 1.165) is 30.0 Å². The van der Waals surface area contributed by atoms with E-state index in [4.69, 9.17) is 0 Å². The first-order valence-corrected chi connectivity index (χ1v) is 6.69. The Hall–Kier alpha value is -1.81. The van der Waals surface area contributed by atoms with Gasteiger partial charge in [0.1, 0.15) is 0 Å². The highest BCUT2D eigenvalue weighted by atomic mass is 14.9.